The van der Waals surface area contributed by atoms with Gasteiger partial charge in [0.1, 0.15) is 5.69 Å². The summed E-state index contributed by atoms with van der Waals surface area (Å²) >= 11 is 0. The molecular weight excluding hydrogens is 446 g/mol. The number of likely N-dealkylation sites (tertiary alicyclic amines) is 1. The number of aromatic nitrogens is 1. The summed E-state index contributed by atoms with van der Waals surface area (Å²) in [6.07, 6.45) is 1.96. The molecule has 1 N–H and O–H groups in total. The monoisotopic (exact) mass is 476 g/mol. The molecule has 1 aliphatic heterocycles. The van der Waals surface area contributed by atoms with Gasteiger partial charge in [-0.3, -0.25) is 9.88 Å². The lowest BCUT2D eigenvalue weighted by Crippen LogP contribution is -2.50. The van der Waals surface area contributed by atoms with Gasteiger partial charge in [0.05, 0.1) is 13.3 Å². The van der Waals surface area contributed by atoms with Crippen LogP contribution in [-0.4, -0.2) is 54.9 Å². The third kappa shape index (κ3) is 5.92. The molecule has 0 saturated carbocycles. The van der Waals surface area contributed by atoms with Crippen molar-refractivity contribution in [2.24, 2.45) is 0 Å². The Morgan fingerprint density at radius 2 is 1.88 bits per heavy atom. The number of alkyl halides is 2. The predicted molar refractivity (Wildman–Crippen MR) is 125 cm³/mol. The highest BCUT2D eigenvalue weighted by molar-refractivity contribution is 6.03. The summed E-state index contributed by atoms with van der Waals surface area (Å²) in [6, 6.07) is 8.22. The zero-order valence-electron chi connectivity index (χ0n) is 19.8. The van der Waals surface area contributed by atoms with E-state index in [9.17, 15) is 18.4 Å². The van der Waals surface area contributed by atoms with E-state index in [1.165, 1.54) is 19.4 Å². The summed E-state index contributed by atoms with van der Waals surface area (Å²) in [5, 5.41) is 2.71. The number of amides is 3. The van der Waals surface area contributed by atoms with Gasteiger partial charge >= 0.3 is 18.7 Å². The van der Waals surface area contributed by atoms with Crippen molar-refractivity contribution in [3.63, 3.8) is 0 Å². The molecule has 0 aliphatic carbocycles. The Morgan fingerprint density at radius 1 is 1.21 bits per heavy atom. The fourth-order valence-corrected chi connectivity index (χ4v) is 4.10. The maximum atomic E-state index is 13.6. The van der Waals surface area contributed by atoms with Crippen molar-refractivity contribution < 1.29 is 27.8 Å². The number of rotatable bonds is 6. The summed E-state index contributed by atoms with van der Waals surface area (Å²) < 4.78 is 35.3. The van der Waals surface area contributed by atoms with Gasteiger partial charge in [-0.1, -0.05) is 32.0 Å². The van der Waals surface area contributed by atoms with Crippen molar-refractivity contribution in [2.45, 2.75) is 52.2 Å². The van der Waals surface area contributed by atoms with E-state index in [0.29, 0.717) is 31.6 Å². The first-order chi connectivity index (χ1) is 16.2. The predicted octanol–water partition coefficient (Wildman–Crippen LogP) is 5.38. The van der Waals surface area contributed by atoms with Gasteiger partial charge in [-0.2, -0.15) is 8.78 Å². The van der Waals surface area contributed by atoms with Crippen LogP contribution in [0.4, 0.5) is 29.7 Å². The van der Waals surface area contributed by atoms with Crippen molar-refractivity contribution in [1.29, 1.82) is 0 Å². The number of carbonyl (C=O) groups is 2. The molecule has 184 valence electrons. The van der Waals surface area contributed by atoms with E-state index in [0.717, 1.165) is 11.3 Å². The molecule has 1 aliphatic rings. The van der Waals surface area contributed by atoms with Crippen LogP contribution in [0, 0.1) is 6.92 Å². The Balaban J connectivity index is 1.94. The van der Waals surface area contributed by atoms with Crippen LogP contribution in [0.1, 0.15) is 43.9 Å². The average Bonchev–Trinajstić information content (AvgIpc) is 2.81. The number of anilines is 2. The fourth-order valence-electron chi connectivity index (χ4n) is 4.10. The molecule has 3 rings (SSSR count). The van der Waals surface area contributed by atoms with E-state index in [4.69, 9.17) is 4.74 Å². The number of benzene rings is 1. The molecule has 34 heavy (non-hydrogen) atoms. The quantitative estimate of drug-likeness (QED) is 0.605. The van der Waals surface area contributed by atoms with Crippen molar-refractivity contribution in [1.82, 2.24) is 9.88 Å². The largest absolute Gasteiger partial charge is 0.453 e. The SMILES string of the molecule is COC(=O)N1CCC(N(C(=O)Nc2cnc(C)cc2OC(F)F)c2ccccc2C(C)C)CC1. The molecule has 8 nitrogen and oxygen atoms in total. The van der Waals surface area contributed by atoms with Crippen LogP contribution in [0.5, 0.6) is 5.75 Å². The topological polar surface area (TPSA) is 84.0 Å². The highest BCUT2D eigenvalue weighted by Gasteiger charge is 2.33. The number of methoxy groups -OCH3 is 1. The summed E-state index contributed by atoms with van der Waals surface area (Å²) in [7, 11) is 1.34. The third-order valence-corrected chi connectivity index (χ3v) is 5.76. The number of nitrogens with zero attached hydrogens (tertiary/aromatic N) is 3. The Kier molecular flexibility index (Phi) is 8.25. The van der Waals surface area contributed by atoms with Crippen molar-refractivity contribution in [3.8, 4) is 5.75 Å². The number of nitrogens with one attached hydrogen (secondary N) is 1. The van der Waals surface area contributed by atoms with Crippen LogP contribution in [0.2, 0.25) is 0 Å². The first-order valence-electron chi connectivity index (χ1n) is 11.1. The number of carbonyl (C=O) groups excluding carboxylic acids is 2. The number of aryl methyl sites for hydroxylation is 1. The Hall–Kier alpha value is -3.43. The molecule has 10 heteroatoms. The maximum absolute atomic E-state index is 13.6. The minimum Gasteiger partial charge on any atom is -0.453 e. The lowest BCUT2D eigenvalue weighted by Gasteiger charge is -2.39. The summed E-state index contributed by atoms with van der Waals surface area (Å²) in [4.78, 5) is 32.9. The standard InChI is InChI=1S/C24H30F2N4O4/c1-15(2)18-7-5-6-8-20(18)30(17-9-11-29(12-10-17)24(32)33-4)23(31)28-19-14-27-16(3)13-21(19)34-22(25)26/h5-8,13-15,17,22H,9-12H2,1-4H3,(H,28,31). The number of pyridine rings is 1. The molecule has 0 radical (unpaired) electrons. The zero-order chi connectivity index (χ0) is 24.8. The Morgan fingerprint density at radius 3 is 2.50 bits per heavy atom. The van der Waals surface area contributed by atoms with Gasteiger partial charge in [0, 0.05) is 36.6 Å². The molecule has 1 fully saturated rings. The molecule has 0 atom stereocenters. The number of piperidine rings is 1. The lowest BCUT2D eigenvalue weighted by molar-refractivity contribution is -0.0494. The lowest BCUT2D eigenvalue weighted by atomic mass is 9.97. The second-order valence-electron chi connectivity index (χ2n) is 8.40. The number of ether oxygens (including phenoxy) is 2. The molecule has 1 saturated heterocycles. The van der Waals surface area contributed by atoms with Crippen LogP contribution >= 0.6 is 0 Å². The third-order valence-electron chi connectivity index (χ3n) is 5.76. The van der Waals surface area contributed by atoms with E-state index < -0.39 is 18.7 Å². The minimum absolute atomic E-state index is 0.0509. The highest BCUT2D eigenvalue weighted by atomic mass is 19.3. The smallest absolute Gasteiger partial charge is 0.409 e. The first-order valence-corrected chi connectivity index (χ1v) is 11.1. The minimum atomic E-state index is -3.04. The van der Waals surface area contributed by atoms with E-state index in [2.05, 4.69) is 15.0 Å². The summed E-state index contributed by atoms with van der Waals surface area (Å²) in [6.45, 7) is 3.52. The van der Waals surface area contributed by atoms with Gasteiger partial charge in [-0.15, -0.1) is 0 Å². The fraction of sp³-hybridized carbons (Fsp3) is 0.458. The molecule has 0 unspecified atom stereocenters. The van der Waals surface area contributed by atoms with Crippen LogP contribution in [0.25, 0.3) is 0 Å². The van der Waals surface area contributed by atoms with Gasteiger partial charge in [0.25, 0.3) is 0 Å². The molecule has 2 aromatic rings. The van der Waals surface area contributed by atoms with Crippen LogP contribution in [-0.2, 0) is 4.74 Å². The van der Waals surface area contributed by atoms with Gasteiger partial charge in [0.2, 0.25) is 0 Å². The van der Waals surface area contributed by atoms with E-state index >= 15 is 0 Å². The Bertz CT molecular complexity index is 1010. The van der Waals surface area contributed by atoms with Crippen molar-refractivity contribution in [2.75, 3.05) is 30.4 Å². The molecule has 3 amide bonds. The van der Waals surface area contributed by atoms with E-state index in [-0.39, 0.29) is 23.4 Å². The summed E-state index contributed by atoms with van der Waals surface area (Å²) in [5.74, 6) is -0.0196. The number of halogens is 2. The highest BCUT2D eigenvalue weighted by Crippen LogP contribution is 2.33. The molecule has 1 aromatic heterocycles. The molecule has 1 aromatic carbocycles. The summed E-state index contributed by atoms with van der Waals surface area (Å²) in [5.41, 5.74) is 2.22. The molecular formula is C24H30F2N4O4. The van der Waals surface area contributed by atoms with E-state index in [1.54, 1.807) is 16.7 Å². The van der Waals surface area contributed by atoms with Crippen LogP contribution in [0.15, 0.2) is 36.5 Å². The number of hydrogen-bond acceptors (Lipinski definition) is 5. The van der Waals surface area contributed by atoms with Gasteiger partial charge in [-0.05, 0) is 37.3 Å². The van der Waals surface area contributed by atoms with Gasteiger partial charge in [0.15, 0.2) is 5.75 Å². The normalized spacial score (nSPS) is 14.3. The number of hydrogen-bond donors (Lipinski definition) is 1. The Labute approximate surface area is 197 Å². The van der Waals surface area contributed by atoms with Crippen molar-refractivity contribution >= 4 is 23.5 Å². The maximum Gasteiger partial charge on any atom is 0.409 e. The van der Waals surface area contributed by atoms with Crippen LogP contribution in [0.3, 0.4) is 0 Å². The molecule has 0 spiro atoms. The van der Waals surface area contributed by atoms with Crippen molar-refractivity contribution in [3.05, 3.63) is 47.8 Å². The number of para-hydroxylation sites is 1. The first kappa shape index (κ1) is 25.2. The van der Waals surface area contributed by atoms with E-state index in [1.807, 2.05) is 38.1 Å². The average molecular weight is 477 g/mol. The van der Waals surface area contributed by atoms with Crippen LogP contribution < -0.4 is 15.0 Å². The molecule has 2 heterocycles. The molecule has 0 bridgehead atoms. The zero-order valence-corrected chi connectivity index (χ0v) is 19.8. The number of urea groups is 1. The second kappa shape index (κ2) is 11.1. The van der Waals surface area contributed by atoms with Gasteiger partial charge in [-0.25, -0.2) is 9.59 Å². The van der Waals surface area contributed by atoms with Gasteiger partial charge < -0.3 is 19.7 Å². The second-order valence-corrected chi connectivity index (χ2v) is 8.40.